The number of hydrogen-bond acceptors (Lipinski definition) is 0. The van der Waals surface area contributed by atoms with Crippen LogP contribution in [0.1, 0.15) is 0 Å². The van der Waals surface area contributed by atoms with Crippen LogP contribution in [0.3, 0.4) is 0 Å². The van der Waals surface area contributed by atoms with Crippen molar-refractivity contribution in [1.82, 2.24) is 0 Å². The van der Waals surface area contributed by atoms with Gasteiger partial charge in [-0.15, -0.1) is 0 Å². The molecule has 0 saturated heterocycles. The second-order valence-corrected chi connectivity index (χ2v) is 0. The first-order chi connectivity index (χ1) is 0. The van der Waals surface area contributed by atoms with Gasteiger partial charge in [0, 0.05) is 87.9 Å². The summed E-state index contributed by atoms with van der Waals surface area (Å²) in [6.07, 6.45) is 0. The number of rotatable bonds is 0. The Hall–Kier alpha value is 2.66. The summed E-state index contributed by atoms with van der Waals surface area (Å²) in [5, 5.41) is 0. The van der Waals surface area contributed by atoms with Crippen LogP contribution in [0.2, 0.25) is 0 Å². The maximum Gasteiger partial charge on any atom is 0 e. The van der Waals surface area contributed by atoms with Gasteiger partial charge in [0.1, 0.15) is 0 Å². The van der Waals surface area contributed by atoms with E-state index in [9.17, 15) is 0 Å². The van der Waals surface area contributed by atoms with E-state index < -0.39 is 0 Å². The third-order valence-corrected chi connectivity index (χ3v) is 0. The third-order valence-electron chi connectivity index (χ3n) is 0. The molecule has 0 bridgehead atoms. The van der Waals surface area contributed by atoms with Crippen LogP contribution >= 0.6 is 0 Å². The van der Waals surface area contributed by atoms with Crippen LogP contribution in [-0.4, -0.2) is 5.48 Å². The van der Waals surface area contributed by atoms with Gasteiger partial charge in [-0.1, -0.05) is 0 Å². The second kappa shape index (κ2) is 48.0. The van der Waals surface area contributed by atoms with E-state index in [1.807, 2.05) is 0 Å². The van der Waals surface area contributed by atoms with Gasteiger partial charge in [-0.2, -0.15) is 0 Å². The molecule has 0 aliphatic carbocycles. The van der Waals surface area contributed by atoms with Gasteiger partial charge in [-0.3, -0.25) is 0 Å². The van der Waals surface area contributed by atoms with E-state index in [0.29, 0.717) is 0 Å². The van der Waals surface area contributed by atoms with Crippen molar-refractivity contribution in [3.8, 4) is 0 Å². The Morgan fingerprint density at radius 1 is 0.833 bits per heavy atom. The fourth-order valence-corrected chi connectivity index (χ4v) is 0. The number of hydrogen-bond donors (Lipinski definition) is 0. The van der Waals surface area contributed by atoms with Crippen LogP contribution in [0.25, 0.3) is 0 Å². The van der Waals surface area contributed by atoms with Gasteiger partial charge in [-0.05, 0) is 0 Å². The summed E-state index contributed by atoms with van der Waals surface area (Å²) >= 11 is 0. The standard InChI is InChI=1S/Co.Mn.2Ni.H2O.W/h;;;;1H2;. The van der Waals surface area contributed by atoms with E-state index in [-0.39, 0.29) is 93.4 Å². The minimum atomic E-state index is 0. The molecule has 2 N–H and O–H groups in total. The molecule has 0 spiro atoms. The average Bonchev–Trinajstić information content (AvgIpc) is 0. The molecule has 0 saturated carbocycles. The molecule has 0 aliphatic heterocycles. The van der Waals surface area contributed by atoms with Crippen LogP contribution in [0, 0.1) is 0 Å². The zero-order valence-corrected chi connectivity index (χ0v) is 9.38. The summed E-state index contributed by atoms with van der Waals surface area (Å²) in [6.45, 7) is 0. The summed E-state index contributed by atoms with van der Waals surface area (Å²) in [5.74, 6) is 0. The molecule has 0 aromatic heterocycles. The molecule has 0 fully saturated rings. The van der Waals surface area contributed by atoms with E-state index in [0.717, 1.165) is 0 Å². The molecular formula is H2CoMnNi2OW. The van der Waals surface area contributed by atoms with E-state index in [2.05, 4.69) is 0 Å². The first-order valence-electron chi connectivity index (χ1n) is 0. The van der Waals surface area contributed by atoms with Crippen molar-refractivity contribution in [1.29, 1.82) is 0 Å². The first kappa shape index (κ1) is 71.8. The normalized spacial score (nSPS) is 0. The summed E-state index contributed by atoms with van der Waals surface area (Å²) in [4.78, 5) is 0. The molecule has 50 valence electrons. The molecule has 0 unspecified atom stereocenters. The second-order valence-electron chi connectivity index (χ2n) is 0. The molecule has 0 atom stereocenters. The summed E-state index contributed by atoms with van der Waals surface area (Å²) in [7, 11) is 0. The molecule has 2 radical (unpaired) electrons. The van der Waals surface area contributed by atoms with Gasteiger partial charge in [0.05, 0.1) is 0 Å². The largest absolute Gasteiger partial charge is 0.412 e. The third kappa shape index (κ3) is 30.1. The van der Waals surface area contributed by atoms with Gasteiger partial charge in [0.2, 0.25) is 0 Å². The molecule has 1 nitrogen and oxygen atoms in total. The average molecular weight is 433 g/mol. The van der Waals surface area contributed by atoms with Gasteiger partial charge in [0.15, 0.2) is 0 Å². The molecule has 0 aromatic rings. The van der Waals surface area contributed by atoms with Crippen LogP contribution < -0.4 is 0 Å². The molecule has 6 heteroatoms. The summed E-state index contributed by atoms with van der Waals surface area (Å²) in [6, 6.07) is 0. The quantitative estimate of drug-likeness (QED) is 0.447. The predicted octanol–water partition coefficient (Wildman–Crippen LogP) is -0.837. The molecule has 0 heterocycles. The van der Waals surface area contributed by atoms with Crippen molar-refractivity contribution >= 4 is 0 Å². The van der Waals surface area contributed by atoms with Crippen molar-refractivity contribution in [3.05, 3.63) is 0 Å². The van der Waals surface area contributed by atoms with Gasteiger partial charge >= 0.3 is 0 Å². The summed E-state index contributed by atoms with van der Waals surface area (Å²) in [5.41, 5.74) is 0. The molecule has 6 heavy (non-hydrogen) atoms. The molecule has 0 rings (SSSR count). The SMILES string of the molecule is O.[Co].[Mn].[Ni].[Ni].[W]. The van der Waals surface area contributed by atoms with Gasteiger partial charge in [0.25, 0.3) is 0 Å². The molecule has 0 amide bonds. The smallest absolute Gasteiger partial charge is 0 e. The maximum absolute atomic E-state index is 0. The Morgan fingerprint density at radius 3 is 0.833 bits per heavy atom. The zero-order valence-electron chi connectivity index (χ0n) is 2.25. The Kier molecular flexibility index (Phi) is 574. The van der Waals surface area contributed by atoms with Crippen molar-refractivity contribution in [2.45, 2.75) is 0 Å². The fraction of sp³-hybridized carbons (Fsp3) is 0. The first-order valence-corrected chi connectivity index (χ1v) is 0. The van der Waals surface area contributed by atoms with Crippen LogP contribution in [0.15, 0.2) is 0 Å². The topological polar surface area (TPSA) is 31.5 Å². The monoisotopic (exact) mass is 432 g/mol. The van der Waals surface area contributed by atoms with Crippen LogP contribution in [-0.2, 0) is 87.9 Å². The molecular weight excluding hydrogens is 431 g/mol. The maximum atomic E-state index is 0. The Balaban J connectivity index is 0. The van der Waals surface area contributed by atoms with Crippen molar-refractivity contribution in [3.63, 3.8) is 0 Å². The predicted molar refractivity (Wildman–Crippen MR) is 3.61 cm³/mol. The van der Waals surface area contributed by atoms with E-state index >= 15 is 0 Å². The molecule has 0 aliphatic rings. The Labute approximate surface area is 92.2 Å². The fourth-order valence-electron chi connectivity index (χ4n) is 0. The minimum Gasteiger partial charge on any atom is -0.412 e. The van der Waals surface area contributed by atoms with E-state index in [4.69, 9.17) is 0 Å². The van der Waals surface area contributed by atoms with Gasteiger partial charge in [-0.25, -0.2) is 0 Å². The summed E-state index contributed by atoms with van der Waals surface area (Å²) < 4.78 is 0. The van der Waals surface area contributed by atoms with Gasteiger partial charge < -0.3 is 5.48 Å². The van der Waals surface area contributed by atoms with Crippen molar-refractivity contribution in [2.75, 3.05) is 0 Å². The van der Waals surface area contributed by atoms with Crippen LogP contribution in [0.5, 0.6) is 0 Å². The van der Waals surface area contributed by atoms with Crippen molar-refractivity contribution in [2.24, 2.45) is 0 Å². The minimum absolute atomic E-state index is 0. The zero-order chi connectivity index (χ0) is 0. The Morgan fingerprint density at radius 2 is 0.833 bits per heavy atom. The van der Waals surface area contributed by atoms with Crippen molar-refractivity contribution < 1.29 is 93.4 Å². The van der Waals surface area contributed by atoms with E-state index in [1.165, 1.54) is 0 Å². The molecule has 0 aromatic carbocycles. The van der Waals surface area contributed by atoms with Crippen LogP contribution in [0.4, 0.5) is 0 Å². The Bertz CT molecular complexity index is 13.5. The van der Waals surface area contributed by atoms with E-state index in [1.54, 1.807) is 0 Å².